The molecule has 3 N–H and O–H groups in total. The summed E-state index contributed by atoms with van der Waals surface area (Å²) in [6.07, 6.45) is 25.5. The van der Waals surface area contributed by atoms with E-state index in [0.717, 1.165) is 25.7 Å². The second kappa shape index (κ2) is 31.3. The summed E-state index contributed by atoms with van der Waals surface area (Å²) in [7, 11) is 0. The average molecular weight is 542 g/mol. The molecule has 7 nitrogen and oxygen atoms in total. The highest BCUT2D eigenvalue weighted by molar-refractivity contribution is 5.94. The van der Waals surface area contributed by atoms with Crippen LogP contribution in [0.25, 0.3) is 0 Å². The smallest absolute Gasteiger partial charge is 0.310 e. The van der Waals surface area contributed by atoms with Crippen LogP contribution in [0, 0.1) is 0 Å². The normalized spacial score (nSPS) is 10.5. The highest BCUT2D eigenvalue weighted by Crippen LogP contribution is 2.12. The van der Waals surface area contributed by atoms with Gasteiger partial charge >= 0.3 is 11.9 Å². The molecule has 1 amide bonds. The molecule has 0 aromatic carbocycles. The SMILES string of the molecule is CCCCCCCCCCCC(=O)NCCC(=O)O.CCCCCCCCCCCCCC(=O)CC(=O)O. The van der Waals surface area contributed by atoms with Crippen LogP contribution >= 0.6 is 0 Å². The second-order valence-electron chi connectivity index (χ2n) is 10.5. The van der Waals surface area contributed by atoms with Crippen molar-refractivity contribution in [3.05, 3.63) is 0 Å². The molecule has 0 saturated carbocycles. The third-order valence-corrected chi connectivity index (χ3v) is 6.58. The Hall–Kier alpha value is -1.92. The molecule has 224 valence electrons. The van der Waals surface area contributed by atoms with Gasteiger partial charge in [-0.1, -0.05) is 129 Å². The molecule has 7 heteroatoms. The lowest BCUT2D eigenvalue weighted by molar-refractivity contribution is -0.140. The van der Waals surface area contributed by atoms with Crippen molar-refractivity contribution in [3.63, 3.8) is 0 Å². The van der Waals surface area contributed by atoms with Crippen molar-refractivity contribution in [1.82, 2.24) is 5.32 Å². The fourth-order valence-electron chi connectivity index (χ4n) is 4.24. The zero-order valence-electron chi connectivity index (χ0n) is 24.7. The summed E-state index contributed by atoms with van der Waals surface area (Å²) in [6.45, 7) is 4.70. The molecule has 0 heterocycles. The van der Waals surface area contributed by atoms with Crippen molar-refractivity contribution in [3.8, 4) is 0 Å². The predicted molar refractivity (Wildman–Crippen MR) is 155 cm³/mol. The Balaban J connectivity index is 0. The molecule has 0 bridgehead atoms. The van der Waals surface area contributed by atoms with E-state index in [1.54, 1.807) is 0 Å². The van der Waals surface area contributed by atoms with Gasteiger partial charge in [0.25, 0.3) is 0 Å². The van der Waals surface area contributed by atoms with E-state index in [9.17, 15) is 19.2 Å². The lowest BCUT2D eigenvalue weighted by Gasteiger charge is -2.04. The van der Waals surface area contributed by atoms with Gasteiger partial charge in [0.1, 0.15) is 12.2 Å². The van der Waals surface area contributed by atoms with Crippen LogP contribution in [0.1, 0.15) is 168 Å². The summed E-state index contributed by atoms with van der Waals surface area (Å²) in [6, 6.07) is 0. The summed E-state index contributed by atoms with van der Waals surface area (Å²) in [4.78, 5) is 43.0. The lowest BCUT2D eigenvalue weighted by Crippen LogP contribution is -2.25. The molecule has 0 radical (unpaired) electrons. The first-order chi connectivity index (χ1) is 18.3. The Morgan fingerprint density at radius 1 is 0.474 bits per heavy atom. The fourth-order valence-corrected chi connectivity index (χ4v) is 4.24. The first-order valence-electron chi connectivity index (χ1n) is 15.5. The minimum Gasteiger partial charge on any atom is -0.481 e. The number of nitrogens with one attached hydrogen (secondary N) is 1. The quantitative estimate of drug-likeness (QED) is 0.0711. The Labute approximate surface area is 232 Å². The number of aliphatic carboxylic acids is 2. The van der Waals surface area contributed by atoms with Crippen molar-refractivity contribution in [2.75, 3.05) is 6.54 Å². The number of Topliss-reactive ketones (excluding diaryl/α,β-unsaturated/α-hetero) is 1. The Morgan fingerprint density at radius 3 is 1.21 bits per heavy atom. The summed E-state index contributed by atoms with van der Waals surface area (Å²) < 4.78 is 0. The molecular weight excluding hydrogens is 482 g/mol. The largest absolute Gasteiger partial charge is 0.481 e. The number of carboxylic acids is 2. The van der Waals surface area contributed by atoms with Crippen LogP contribution in [0.3, 0.4) is 0 Å². The lowest BCUT2D eigenvalue weighted by atomic mass is 10.0. The van der Waals surface area contributed by atoms with E-state index in [1.807, 2.05) is 0 Å². The van der Waals surface area contributed by atoms with Crippen molar-refractivity contribution < 1.29 is 29.4 Å². The molecule has 0 aliphatic rings. The molecule has 0 spiro atoms. The maximum atomic E-state index is 11.3. The van der Waals surface area contributed by atoms with Gasteiger partial charge in [0.15, 0.2) is 0 Å². The second-order valence-corrected chi connectivity index (χ2v) is 10.5. The fraction of sp³-hybridized carbons (Fsp3) is 0.871. The van der Waals surface area contributed by atoms with Gasteiger partial charge in [0.2, 0.25) is 5.91 Å². The number of unbranched alkanes of at least 4 members (excludes halogenated alkanes) is 18. The monoisotopic (exact) mass is 541 g/mol. The van der Waals surface area contributed by atoms with Crippen LogP contribution in [-0.4, -0.2) is 40.4 Å². The first-order valence-corrected chi connectivity index (χ1v) is 15.5. The van der Waals surface area contributed by atoms with E-state index in [0.29, 0.717) is 12.8 Å². The number of hydrogen-bond donors (Lipinski definition) is 3. The predicted octanol–water partition coefficient (Wildman–Crippen LogP) is 8.23. The molecule has 0 aliphatic carbocycles. The topological polar surface area (TPSA) is 121 Å². The minimum atomic E-state index is -1.01. The standard InChI is InChI=1S/C16H30O3.C15H29NO3/c1-2-3-4-5-6-7-8-9-10-11-12-13-15(17)14-16(18)19;1-2-3-4-5-6-7-8-9-10-11-14(17)16-13-12-15(18)19/h2-14H2,1H3,(H,18,19);2-13H2,1H3,(H,16,17)(H,18,19). The van der Waals surface area contributed by atoms with Gasteiger partial charge in [-0.25, -0.2) is 0 Å². The third kappa shape index (κ3) is 36.2. The van der Waals surface area contributed by atoms with Gasteiger partial charge < -0.3 is 15.5 Å². The first kappa shape index (κ1) is 38.2. The molecular formula is C31H59NO6. The summed E-state index contributed by atoms with van der Waals surface area (Å²) in [5.74, 6) is -2.04. The Morgan fingerprint density at radius 2 is 0.842 bits per heavy atom. The molecule has 0 unspecified atom stereocenters. The van der Waals surface area contributed by atoms with E-state index in [-0.39, 0.29) is 31.1 Å². The molecule has 0 aromatic heterocycles. The Kier molecular flexibility index (Phi) is 31.5. The van der Waals surface area contributed by atoms with E-state index >= 15 is 0 Å². The molecule has 0 saturated heterocycles. The van der Waals surface area contributed by atoms with Crippen LogP contribution in [0.15, 0.2) is 0 Å². The summed E-state index contributed by atoms with van der Waals surface area (Å²) in [5.41, 5.74) is 0. The minimum absolute atomic E-state index is 0.00347. The van der Waals surface area contributed by atoms with Crippen molar-refractivity contribution >= 4 is 23.6 Å². The van der Waals surface area contributed by atoms with Gasteiger partial charge in [-0.15, -0.1) is 0 Å². The van der Waals surface area contributed by atoms with Crippen LogP contribution in [-0.2, 0) is 19.2 Å². The zero-order chi connectivity index (χ0) is 28.7. The molecule has 38 heavy (non-hydrogen) atoms. The zero-order valence-corrected chi connectivity index (χ0v) is 24.7. The number of carboxylic acid groups (broad SMARTS) is 2. The molecule has 0 atom stereocenters. The van der Waals surface area contributed by atoms with Crippen molar-refractivity contribution in [2.24, 2.45) is 0 Å². The molecule has 0 rings (SSSR count). The van der Waals surface area contributed by atoms with E-state index in [2.05, 4.69) is 19.2 Å². The third-order valence-electron chi connectivity index (χ3n) is 6.58. The maximum absolute atomic E-state index is 11.3. The van der Waals surface area contributed by atoms with Gasteiger partial charge in [0.05, 0.1) is 6.42 Å². The molecule has 0 aliphatic heterocycles. The number of rotatable bonds is 27. The number of carbonyl (C=O) groups excluding carboxylic acids is 2. The average Bonchev–Trinajstić information content (AvgIpc) is 2.86. The number of hydrogen-bond acceptors (Lipinski definition) is 4. The van der Waals surface area contributed by atoms with E-state index in [4.69, 9.17) is 10.2 Å². The van der Waals surface area contributed by atoms with Gasteiger partial charge in [0, 0.05) is 19.4 Å². The van der Waals surface area contributed by atoms with Crippen molar-refractivity contribution in [1.29, 1.82) is 0 Å². The van der Waals surface area contributed by atoms with Crippen LogP contribution < -0.4 is 5.32 Å². The summed E-state index contributed by atoms with van der Waals surface area (Å²) in [5, 5.41) is 19.5. The summed E-state index contributed by atoms with van der Waals surface area (Å²) >= 11 is 0. The Bertz CT molecular complexity index is 579. The van der Waals surface area contributed by atoms with E-state index in [1.165, 1.54) is 103 Å². The van der Waals surface area contributed by atoms with Crippen LogP contribution in [0.5, 0.6) is 0 Å². The number of carbonyl (C=O) groups is 4. The van der Waals surface area contributed by atoms with Gasteiger partial charge in [-0.3, -0.25) is 19.2 Å². The highest BCUT2D eigenvalue weighted by Gasteiger charge is 2.06. The molecule has 0 fully saturated rings. The highest BCUT2D eigenvalue weighted by atomic mass is 16.4. The van der Waals surface area contributed by atoms with Gasteiger partial charge in [-0.2, -0.15) is 0 Å². The number of amides is 1. The maximum Gasteiger partial charge on any atom is 0.310 e. The number of ketones is 1. The van der Waals surface area contributed by atoms with E-state index < -0.39 is 11.9 Å². The van der Waals surface area contributed by atoms with Crippen LogP contribution in [0.2, 0.25) is 0 Å². The van der Waals surface area contributed by atoms with Crippen LogP contribution in [0.4, 0.5) is 0 Å². The van der Waals surface area contributed by atoms with Gasteiger partial charge in [-0.05, 0) is 12.8 Å². The van der Waals surface area contributed by atoms with Crippen molar-refractivity contribution in [2.45, 2.75) is 168 Å². The molecule has 0 aromatic rings.